The van der Waals surface area contributed by atoms with Gasteiger partial charge < -0.3 is 4.90 Å². The highest BCUT2D eigenvalue weighted by Gasteiger charge is 2.00. The predicted octanol–water partition coefficient (Wildman–Crippen LogP) is 2.30. The summed E-state index contributed by atoms with van der Waals surface area (Å²) in [6.07, 6.45) is 8.45. The van der Waals surface area contributed by atoms with Crippen molar-refractivity contribution in [2.24, 2.45) is 0 Å². The van der Waals surface area contributed by atoms with E-state index in [0.29, 0.717) is 0 Å². The third-order valence-electron chi connectivity index (χ3n) is 1.64. The van der Waals surface area contributed by atoms with Crippen LogP contribution in [-0.2, 0) is 0 Å². The van der Waals surface area contributed by atoms with Gasteiger partial charge in [0.25, 0.3) is 0 Å². The van der Waals surface area contributed by atoms with E-state index in [0.717, 1.165) is 0 Å². The summed E-state index contributed by atoms with van der Waals surface area (Å²) >= 11 is 0. The Morgan fingerprint density at radius 3 is 2.70 bits per heavy atom. The molecule has 10 heavy (non-hydrogen) atoms. The van der Waals surface area contributed by atoms with Gasteiger partial charge in [0.05, 0.1) is 0 Å². The maximum absolute atomic E-state index is 2.17. The van der Waals surface area contributed by atoms with E-state index in [4.69, 9.17) is 0 Å². The summed E-state index contributed by atoms with van der Waals surface area (Å²) in [5, 5.41) is 0. The molecule has 0 saturated carbocycles. The first kappa shape index (κ1) is 7.13. The van der Waals surface area contributed by atoms with Crippen molar-refractivity contribution in [3.05, 3.63) is 35.7 Å². The largest absolute Gasteiger partial charge is 0.351 e. The summed E-state index contributed by atoms with van der Waals surface area (Å²) in [7, 11) is 2.05. The van der Waals surface area contributed by atoms with Crippen LogP contribution in [0.25, 0.3) is 0 Å². The van der Waals surface area contributed by atoms with Crippen molar-refractivity contribution in [3.8, 4) is 0 Å². The van der Waals surface area contributed by atoms with E-state index < -0.39 is 0 Å². The van der Waals surface area contributed by atoms with Crippen LogP contribution < -0.4 is 0 Å². The molecule has 0 amide bonds. The number of allylic oxidation sites excluding steroid dienone is 4. The van der Waals surface area contributed by atoms with Crippen molar-refractivity contribution < 1.29 is 0 Å². The number of nitrogens with zero attached hydrogens (tertiary/aromatic N) is 1. The average molecular weight is 135 g/mol. The molecule has 0 unspecified atom stereocenters. The van der Waals surface area contributed by atoms with Crippen LogP contribution in [0.4, 0.5) is 0 Å². The van der Waals surface area contributed by atoms with Crippen LogP contribution in [0.3, 0.4) is 0 Å². The van der Waals surface area contributed by atoms with Gasteiger partial charge in [0.15, 0.2) is 0 Å². The van der Waals surface area contributed by atoms with Crippen LogP contribution in [0.2, 0.25) is 0 Å². The van der Waals surface area contributed by atoms with Crippen molar-refractivity contribution in [3.63, 3.8) is 0 Å². The molecule has 1 heterocycles. The van der Waals surface area contributed by atoms with Gasteiger partial charge in [-0.15, -0.1) is 0 Å². The summed E-state index contributed by atoms with van der Waals surface area (Å²) in [6.45, 7) is 4.15. The molecule has 1 aliphatic heterocycles. The van der Waals surface area contributed by atoms with Crippen LogP contribution >= 0.6 is 0 Å². The minimum Gasteiger partial charge on any atom is -0.351 e. The Morgan fingerprint density at radius 1 is 1.50 bits per heavy atom. The predicted molar refractivity (Wildman–Crippen MR) is 44.4 cm³/mol. The quantitative estimate of drug-likeness (QED) is 0.492. The lowest BCUT2D eigenvalue weighted by atomic mass is 10.2. The normalized spacial score (nSPS) is 21.7. The molecule has 0 radical (unpaired) electrons. The van der Waals surface area contributed by atoms with E-state index in [1.54, 1.807) is 0 Å². The molecular formula is C9H13N. The highest BCUT2D eigenvalue weighted by molar-refractivity contribution is 5.32. The molecule has 0 bridgehead atoms. The third kappa shape index (κ3) is 1.29. The zero-order valence-electron chi connectivity index (χ0n) is 6.76. The fourth-order valence-electron chi connectivity index (χ4n) is 0.986. The van der Waals surface area contributed by atoms with Crippen LogP contribution in [0.15, 0.2) is 35.7 Å². The summed E-state index contributed by atoms with van der Waals surface area (Å²) in [6, 6.07) is 0. The number of likely N-dealkylation sites (N-methyl/N-ethyl adjacent to an activating group) is 1. The Bertz CT molecular complexity index is 209. The number of rotatable bonds is 0. The first-order valence-corrected chi connectivity index (χ1v) is 3.49. The average Bonchev–Trinajstić information content (AvgIpc) is 1.94. The number of hydrogen-bond donors (Lipinski definition) is 0. The van der Waals surface area contributed by atoms with Gasteiger partial charge in [-0.25, -0.2) is 0 Å². The fourth-order valence-corrected chi connectivity index (χ4v) is 0.986. The molecule has 0 atom stereocenters. The summed E-state index contributed by atoms with van der Waals surface area (Å²) in [5.41, 5.74) is 2.58. The van der Waals surface area contributed by atoms with Gasteiger partial charge in [0, 0.05) is 18.9 Å². The third-order valence-corrected chi connectivity index (χ3v) is 1.64. The molecule has 0 fully saturated rings. The topological polar surface area (TPSA) is 3.24 Å². The second-order valence-electron chi connectivity index (χ2n) is 2.53. The lowest BCUT2D eigenvalue weighted by molar-refractivity contribution is 0.580. The zero-order chi connectivity index (χ0) is 7.56. The molecule has 1 heteroatoms. The minimum absolute atomic E-state index is 1.26. The lowest BCUT2D eigenvalue weighted by Crippen LogP contribution is -2.10. The molecule has 0 aliphatic carbocycles. The second kappa shape index (κ2) is 2.74. The molecule has 54 valence electrons. The van der Waals surface area contributed by atoms with Crippen molar-refractivity contribution in [1.82, 2.24) is 4.90 Å². The van der Waals surface area contributed by atoms with Gasteiger partial charge >= 0.3 is 0 Å². The summed E-state index contributed by atoms with van der Waals surface area (Å²) < 4.78 is 0. The number of hydrogen-bond acceptors (Lipinski definition) is 1. The van der Waals surface area contributed by atoms with Crippen LogP contribution in [0.5, 0.6) is 0 Å². The van der Waals surface area contributed by atoms with Gasteiger partial charge in [-0.05, 0) is 31.6 Å². The Labute approximate surface area is 62.3 Å². The molecule has 1 rings (SSSR count). The maximum atomic E-state index is 2.17. The van der Waals surface area contributed by atoms with Crippen molar-refractivity contribution in [2.45, 2.75) is 13.8 Å². The highest BCUT2D eigenvalue weighted by Crippen LogP contribution is 2.13. The summed E-state index contributed by atoms with van der Waals surface area (Å²) in [5.74, 6) is 0. The van der Waals surface area contributed by atoms with Crippen LogP contribution in [0.1, 0.15) is 13.8 Å². The zero-order valence-corrected chi connectivity index (χ0v) is 6.76. The standard InChI is InChI=1S/C9H13N/c1-4-9-7-8(2)5-6-10(9)3/h4-7H,1-3H3/b9-4-. The highest BCUT2D eigenvalue weighted by atomic mass is 15.1. The van der Waals surface area contributed by atoms with Crippen molar-refractivity contribution in [1.29, 1.82) is 0 Å². The second-order valence-corrected chi connectivity index (χ2v) is 2.53. The Morgan fingerprint density at radius 2 is 2.20 bits per heavy atom. The first-order valence-electron chi connectivity index (χ1n) is 3.49. The van der Waals surface area contributed by atoms with E-state index in [1.165, 1.54) is 11.3 Å². The fraction of sp³-hybridized carbons (Fsp3) is 0.333. The van der Waals surface area contributed by atoms with Crippen molar-refractivity contribution >= 4 is 0 Å². The minimum atomic E-state index is 1.26. The first-order chi connectivity index (χ1) is 4.74. The Kier molecular flexibility index (Phi) is 1.95. The molecule has 0 aromatic rings. The lowest BCUT2D eigenvalue weighted by Gasteiger charge is -2.19. The van der Waals surface area contributed by atoms with Gasteiger partial charge in [-0.1, -0.05) is 6.08 Å². The van der Waals surface area contributed by atoms with Crippen LogP contribution in [0, 0.1) is 0 Å². The Balaban J connectivity index is 2.88. The molecule has 1 nitrogen and oxygen atoms in total. The maximum Gasteiger partial charge on any atom is 0.0362 e. The van der Waals surface area contributed by atoms with E-state index in [9.17, 15) is 0 Å². The monoisotopic (exact) mass is 135 g/mol. The van der Waals surface area contributed by atoms with Gasteiger partial charge in [-0.3, -0.25) is 0 Å². The van der Waals surface area contributed by atoms with Gasteiger partial charge in [-0.2, -0.15) is 0 Å². The molecule has 0 N–H and O–H groups in total. The van der Waals surface area contributed by atoms with E-state index in [2.05, 4.69) is 50.2 Å². The van der Waals surface area contributed by atoms with Gasteiger partial charge in [0.2, 0.25) is 0 Å². The van der Waals surface area contributed by atoms with Crippen LogP contribution in [-0.4, -0.2) is 11.9 Å². The van der Waals surface area contributed by atoms with Crippen molar-refractivity contribution in [2.75, 3.05) is 7.05 Å². The molecular weight excluding hydrogens is 122 g/mol. The summed E-state index contributed by atoms with van der Waals surface area (Å²) in [4.78, 5) is 2.10. The van der Waals surface area contributed by atoms with E-state index >= 15 is 0 Å². The molecule has 0 aromatic carbocycles. The van der Waals surface area contributed by atoms with E-state index in [1.807, 2.05) is 0 Å². The molecule has 0 spiro atoms. The SMILES string of the molecule is C/C=C1/C=C(C)C=CN1C. The molecule has 0 saturated heterocycles. The van der Waals surface area contributed by atoms with E-state index in [-0.39, 0.29) is 0 Å². The van der Waals surface area contributed by atoms with Gasteiger partial charge in [0.1, 0.15) is 0 Å². The molecule has 1 aliphatic rings. The molecule has 0 aromatic heterocycles. The smallest absolute Gasteiger partial charge is 0.0362 e. The Hall–Kier alpha value is -0.980.